The van der Waals surface area contributed by atoms with Crippen molar-refractivity contribution in [3.8, 4) is 0 Å². The van der Waals surface area contributed by atoms with Crippen LogP contribution in [-0.4, -0.2) is 6.04 Å². The molecule has 16 heavy (non-hydrogen) atoms. The molecule has 1 N–H and O–H groups in total. The van der Waals surface area contributed by atoms with E-state index in [2.05, 4.69) is 52.4 Å². The molecule has 0 heterocycles. The van der Waals surface area contributed by atoms with Crippen molar-refractivity contribution in [3.63, 3.8) is 0 Å². The third-order valence-corrected chi connectivity index (χ3v) is 4.18. The molecule has 1 atom stereocenters. The predicted molar refractivity (Wildman–Crippen MR) is 72.6 cm³/mol. The van der Waals surface area contributed by atoms with Gasteiger partial charge in [0.2, 0.25) is 0 Å². The number of halogens is 1. The number of benzene rings is 1. The molecule has 1 aromatic rings. The summed E-state index contributed by atoms with van der Waals surface area (Å²) >= 11 is 3.62. The highest BCUT2D eigenvalue weighted by Crippen LogP contribution is 2.25. The summed E-state index contributed by atoms with van der Waals surface area (Å²) in [5.41, 5.74) is 1.37. The first-order chi connectivity index (χ1) is 7.77. The normalized spacial score (nSPS) is 19.6. The summed E-state index contributed by atoms with van der Waals surface area (Å²) in [6, 6.07) is 9.66. The second kappa shape index (κ2) is 5.83. The van der Waals surface area contributed by atoms with Gasteiger partial charge < -0.3 is 5.32 Å². The Morgan fingerprint density at radius 3 is 2.56 bits per heavy atom. The fourth-order valence-corrected chi connectivity index (χ4v) is 3.17. The van der Waals surface area contributed by atoms with E-state index in [4.69, 9.17) is 0 Å². The maximum atomic E-state index is 3.75. The first kappa shape index (κ1) is 12.1. The Hall–Kier alpha value is -0.340. The fourth-order valence-electron chi connectivity index (χ4n) is 2.54. The predicted octanol–water partition coefficient (Wildman–Crippen LogP) is 4.43. The van der Waals surface area contributed by atoms with Gasteiger partial charge in [0.25, 0.3) is 0 Å². The fraction of sp³-hybridized carbons (Fsp3) is 0.571. The Morgan fingerprint density at radius 2 is 1.88 bits per heavy atom. The molecule has 0 saturated heterocycles. The Morgan fingerprint density at radius 1 is 1.19 bits per heavy atom. The van der Waals surface area contributed by atoms with Crippen LogP contribution in [-0.2, 0) is 0 Å². The lowest BCUT2D eigenvalue weighted by molar-refractivity contribution is 0.346. The van der Waals surface area contributed by atoms with E-state index in [-0.39, 0.29) is 0 Å². The molecule has 88 valence electrons. The van der Waals surface area contributed by atoms with Gasteiger partial charge in [-0.1, -0.05) is 53.4 Å². The molecule has 1 aliphatic rings. The highest BCUT2D eigenvalue weighted by molar-refractivity contribution is 9.10. The van der Waals surface area contributed by atoms with Crippen LogP contribution in [0, 0.1) is 0 Å². The van der Waals surface area contributed by atoms with Gasteiger partial charge in [0.1, 0.15) is 0 Å². The zero-order valence-corrected chi connectivity index (χ0v) is 11.5. The smallest absolute Gasteiger partial charge is 0.0305 e. The monoisotopic (exact) mass is 281 g/mol. The molecule has 0 aliphatic heterocycles. The number of nitrogens with one attached hydrogen (secondary N) is 1. The van der Waals surface area contributed by atoms with Crippen LogP contribution in [0.3, 0.4) is 0 Å². The van der Waals surface area contributed by atoms with E-state index in [9.17, 15) is 0 Å². The summed E-state index contributed by atoms with van der Waals surface area (Å²) < 4.78 is 1.21. The van der Waals surface area contributed by atoms with Crippen molar-refractivity contribution in [1.82, 2.24) is 5.32 Å². The van der Waals surface area contributed by atoms with E-state index in [0.717, 1.165) is 6.04 Å². The van der Waals surface area contributed by atoms with Crippen molar-refractivity contribution in [2.24, 2.45) is 0 Å². The highest BCUT2D eigenvalue weighted by atomic mass is 79.9. The van der Waals surface area contributed by atoms with Crippen LogP contribution in [0.25, 0.3) is 0 Å². The van der Waals surface area contributed by atoms with Gasteiger partial charge in [0.05, 0.1) is 0 Å². The summed E-state index contributed by atoms with van der Waals surface area (Å²) in [7, 11) is 0. The van der Waals surface area contributed by atoms with Gasteiger partial charge in [-0.25, -0.2) is 0 Å². The van der Waals surface area contributed by atoms with Crippen LogP contribution < -0.4 is 5.32 Å². The summed E-state index contributed by atoms with van der Waals surface area (Å²) in [4.78, 5) is 0. The molecule has 0 unspecified atom stereocenters. The van der Waals surface area contributed by atoms with Crippen molar-refractivity contribution in [2.75, 3.05) is 0 Å². The quantitative estimate of drug-likeness (QED) is 0.864. The van der Waals surface area contributed by atoms with Crippen molar-refractivity contribution in [1.29, 1.82) is 0 Å². The summed E-state index contributed by atoms with van der Waals surface area (Å²) in [5, 5.41) is 3.75. The average Bonchev–Trinajstić information content (AvgIpc) is 2.31. The second-order valence-corrected chi connectivity index (χ2v) is 5.60. The van der Waals surface area contributed by atoms with E-state index in [1.54, 1.807) is 0 Å². The molecule has 2 rings (SSSR count). The summed E-state index contributed by atoms with van der Waals surface area (Å²) in [6.07, 6.45) is 6.88. The van der Waals surface area contributed by atoms with Gasteiger partial charge in [0.15, 0.2) is 0 Å². The minimum absolute atomic E-state index is 0.443. The van der Waals surface area contributed by atoms with Crippen molar-refractivity contribution < 1.29 is 0 Å². The van der Waals surface area contributed by atoms with Crippen LogP contribution >= 0.6 is 15.9 Å². The Balaban J connectivity index is 1.96. The minimum Gasteiger partial charge on any atom is -0.307 e. The van der Waals surface area contributed by atoms with Gasteiger partial charge in [-0.3, -0.25) is 0 Å². The Kier molecular flexibility index (Phi) is 4.42. The molecule has 0 radical (unpaired) electrons. The maximum absolute atomic E-state index is 3.75. The molecule has 1 aliphatic carbocycles. The van der Waals surface area contributed by atoms with Gasteiger partial charge in [-0.15, -0.1) is 0 Å². The zero-order valence-electron chi connectivity index (χ0n) is 9.88. The van der Waals surface area contributed by atoms with Crippen LogP contribution in [0.1, 0.15) is 50.6 Å². The Bertz CT molecular complexity index is 331. The average molecular weight is 282 g/mol. The van der Waals surface area contributed by atoms with E-state index in [1.807, 2.05) is 0 Å². The summed E-state index contributed by atoms with van der Waals surface area (Å²) in [6.45, 7) is 2.26. The minimum atomic E-state index is 0.443. The molecular weight excluding hydrogens is 262 g/mol. The van der Waals surface area contributed by atoms with Gasteiger partial charge in [-0.2, -0.15) is 0 Å². The molecule has 1 fully saturated rings. The second-order valence-electron chi connectivity index (χ2n) is 4.74. The molecule has 1 saturated carbocycles. The van der Waals surface area contributed by atoms with Crippen molar-refractivity contribution in [3.05, 3.63) is 34.3 Å². The van der Waals surface area contributed by atoms with E-state index < -0.39 is 0 Å². The lowest BCUT2D eigenvalue weighted by Gasteiger charge is -2.27. The lowest BCUT2D eigenvalue weighted by Crippen LogP contribution is -2.33. The number of hydrogen-bond donors (Lipinski definition) is 1. The number of hydrogen-bond acceptors (Lipinski definition) is 1. The van der Waals surface area contributed by atoms with E-state index in [0.29, 0.717) is 6.04 Å². The third-order valence-electron chi connectivity index (χ3n) is 3.46. The molecule has 1 aromatic carbocycles. The van der Waals surface area contributed by atoms with Gasteiger partial charge >= 0.3 is 0 Å². The van der Waals surface area contributed by atoms with E-state index in [1.165, 1.54) is 42.1 Å². The largest absolute Gasteiger partial charge is 0.307 e. The Labute approximate surface area is 107 Å². The SMILES string of the molecule is C[C@H](NC1CCCCC1)c1ccccc1Br. The summed E-state index contributed by atoms with van der Waals surface area (Å²) in [5.74, 6) is 0. The third kappa shape index (κ3) is 3.08. The molecule has 0 amide bonds. The topological polar surface area (TPSA) is 12.0 Å². The molecule has 1 nitrogen and oxygen atoms in total. The van der Waals surface area contributed by atoms with Crippen LogP contribution in [0.15, 0.2) is 28.7 Å². The van der Waals surface area contributed by atoms with Crippen molar-refractivity contribution >= 4 is 15.9 Å². The van der Waals surface area contributed by atoms with Gasteiger partial charge in [0, 0.05) is 16.6 Å². The van der Waals surface area contributed by atoms with Crippen LogP contribution in [0.4, 0.5) is 0 Å². The van der Waals surface area contributed by atoms with Crippen LogP contribution in [0.5, 0.6) is 0 Å². The molecule has 0 aromatic heterocycles. The number of rotatable bonds is 3. The standard InChI is InChI=1S/C14H20BrN/c1-11(13-9-5-6-10-14(13)15)16-12-7-3-2-4-8-12/h5-6,9-12,16H,2-4,7-8H2,1H3/t11-/m0/s1. The van der Waals surface area contributed by atoms with Crippen molar-refractivity contribution in [2.45, 2.75) is 51.1 Å². The first-order valence-corrected chi connectivity index (χ1v) is 7.07. The molecule has 0 bridgehead atoms. The van der Waals surface area contributed by atoms with Gasteiger partial charge in [-0.05, 0) is 31.4 Å². The molecule has 0 spiro atoms. The molecule has 2 heteroatoms. The zero-order chi connectivity index (χ0) is 11.4. The van der Waals surface area contributed by atoms with E-state index >= 15 is 0 Å². The highest BCUT2D eigenvalue weighted by Gasteiger charge is 2.17. The maximum Gasteiger partial charge on any atom is 0.0305 e. The first-order valence-electron chi connectivity index (χ1n) is 6.28. The lowest BCUT2D eigenvalue weighted by atomic mass is 9.94. The van der Waals surface area contributed by atoms with Crippen LogP contribution in [0.2, 0.25) is 0 Å². The molecular formula is C14H20BrN.